The molecule has 5 rings (SSSR count). The Morgan fingerprint density at radius 1 is 0.714 bits per heavy atom. The molecule has 6 heteroatoms. The van der Waals surface area contributed by atoms with Crippen LogP contribution in [0.1, 0.15) is 25.0 Å². The minimum Gasteiger partial charge on any atom is -0.372 e. The Balaban J connectivity index is 1.25. The third kappa shape index (κ3) is 4.68. The molecular weight excluding hydrogens is 436 g/mol. The number of hydrogen-bond acceptors (Lipinski definition) is 5. The quantitative estimate of drug-likeness (QED) is 0.184. The van der Waals surface area contributed by atoms with Crippen LogP contribution in [0.25, 0.3) is 11.1 Å². The molecule has 0 radical (unpaired) electrons. The summed E-state index contributed by atoms with van der Waals surface area (Å²) < 4.78 is 0. The van der Waals surface area contributed by atoms with Crippen molar-refractivity contribution in [1.29, 1.82) is 0 Å². The predicted octanol–water partition coefficient (Wildman–Crippen LogP) is 7.50. The van der Waals surface area contributed by atoms with E-state index in [1.807, 2.05) is 18.2 Å². The zero-order chi connectivity index (χ0) is 24.4. The zero-order valence-corrected chi connectivity index (χ0v) is 19.9. The first kappa shape index (κ1) is 22.5. The summed E-state index contributed by atoms with van der Waals surface area (Å²) in [5.74, 6) is 0. The van der Waals surface area contributed by atoms with Gasteiger partial charge in [0.25, 0.3) is 5.69 Å². The van der Waals surface area contributed by atoms with E-state index in [1.165, 1.54) is 11.3 Å². The van der Waals surface area contributed by atoms with E-state index in [2.05, 4.69) is 84.0 Å². The Morgan fingerprint density at radius 3 is 1.89 bits per heavy atom. The molecule has 0 saturated heterocycles. The predicted molar refractivity (Wildman–Crippen MR) is 144 cm³/mol. The molecule has 0 unspecified atom stereocenters. The molecule has 0 bridgehead atoms. The molecule has 0 fully saturated rings. The van der Waals surface area contributed by atoms with Gasteiger partial charge in [0.05, 0.1) is 4.92 Å². The molecule has 1 aliphatic rings. The third-order valence-electron chi connectivity index (χ3n) is 6.54. The molecule has 35 heavy (non-hydrogen) atoms. The van der Waals surface area contributed by atoms with Crippen LogP contribution >= 0.6 is 0 Å². The van der Waals surface area contributed by atoms with Crippen molar-refractivity contribution in [3.63, 3.8) is 0 Å². The second kappa shape index (κ2) is 9.50. The fourth-order valence-corrected chi connectivity index (χ4v) is 4.68. The van der Waals surface area contributed by atoms with E-state index >= 15 is 0 Å². The topological polar surface area (TPSA) is 70.4 Å². The van der Waals surface area contributed by atoms with Crippen LogP contribution in [0.5, 0.6) is 0 Å². The van der Waals surface area contributed by atoms with Gasteiger partial charge in [-0.25, -0.2) is 0 Å². The Kier molecular flexibility index (Phi) is 6.10. The van der Waals surface area contributed by atoms with Gasteiger partial charge in [-0.15, -0.1) is 0 Å². The fourth-order valence-electron chi connectivity index (χ4n) is 4.68. The lowest BCUT2D eigenvalue weighted by Crippen LogP contribution is -2.21. The average Bonchev–Trinajstić information content (AvgIpc) is 3.24. The lowest BCUT2D eigenvalue weighted by Gasteiger charge is -2.21. The van der Waals surface area contributed by atoms with E-state index in [-0.39, 0.29) is 10.6 Å². The molecule has 4 aromatic rings. The summed E-state index contributed by atoms with van der Waals surface area (Å²) in [5, 5.41) is 18.1. The van der Waals surface area contributed by atoms with E-state index in [0.29, 0.717) is 0 Å². The van der Waals surface area contributed by atoms with Crippen molar-refractivity contribution in [1.82, 2.24) is 0 Å². The van der Waals surface area contributed by atoms with E-state index in [0.717, 1.165) is 59.0 Å². The number of benzene rings is 4. The van der Waals surface area contributed by atoms with Crippen LogP contribution in [0.3, 0.4) is 0 Å². The maximum atomic E-state index is 11.1. The molecule has 176 valence electrons. The second-order valence-electron chi connectivity index (χ2n) is 8.69. The van der Waals surface area contributed by atoms with Crippen LogP contribution in [-0.4, -0.2) is 18.0 Å². The fraction of sp³-hybridized carbons (Fsp3) is 0.172. The number of nitro groups is 1. The van der Waals surface area contributed by atoms with Crippen molar-refractivity contribution in [2.45, 2.75) is 20.3 Å². The molecule has 0 aliphatic heterocycles. The number of nitrogens with zero attached hydrogens (tertiary/aromatic N) is 2. The summed E-state index contributed by atoms with van der Waals surface area (Å²) in [6.45, 7) is 6.33. The molecule has 0 atom stereocenters. The molecule has 1 aliphatic carbocycles. The van der Waals surface area contributed by atoms with E-state index in [4.69, 9.17) is 0 Å². The standard InChI is InChI=1S/C29H28N4O2/c1-3-32(4-2)26-14-10-24(11-15-26)30-22-6-8-23(9-7-22)31-25-12-16-28-21(18-25)17-20-5-13-27(33(34)35)19-29(20)28/h5-16,18-19,30-31H,3-4,17H2,1-2H3. The Morgan fingerprint density at radius 2 is 1.29 bits per heavy atom. The SMILES string of the molecule is CCN(CC)c1ccc(Nc2ccc(Nc3ccc4c(c3)Cc3ccc([N+](=O)[O-])cc3-4)cc2)cc1. The van der Waals surface area contributed by atoms with Crippen molar-refractivity contribution in [2.24, 2.45) is 0 Å². The van der Waals surface area contributed by atoms with Crippen LogP contribution in [0.4, 0.5) is 34.1 Å². The van der Waals surface area contributed by atoms with Gasteiger partial charge < -0.3 is 15.5 Å². The first-order chi connectivity index (χ1) is 17.0. The molecular formula is C29H28N4O2. The summed E-state index contributed by atoms with van der Waals surface area (Å²) in [4.78, 5) is 13.1. The summed E-state index contributed by atoms with van der Waals surface area (Å²) in [7, 11) is 0. The Bertz CT molecular complexity index is 1360. The van der Waals surface area contributed by atoms with Crippen molar-refractivity contribution in [3.8, 4) is 11.1 Å². The number of hydrogen-bond donors (Lipinski definition) is 2. The highest BCUT2D eigenvalue weighted by atomic mass is 16.6. The normalized spacial score (nSPS) is 11.5. The summed E-state index contributed by atoms with van der Waals surface area (Å²) in [6, 6.07) is 28.1. The highest BCUT2D eigenvalue weighted by Crippen LogP contribution is 2.40. The van der Waals surface area contributed by atoms with Crippen LogP contribution in [0.2, 0.25) is 0 Å². The number of non-ortho nitro benzene ring substituents is 1. The van der Waals surface area contributed by atoms with Gasteiger partial charge in [0.1, 0.15) is 0 Å². The molecule has 4 aromatic carbocycles. The van der Waals surface area contributed by atoms with Crippen molar-refractivity contribution in [3.05, 3.63) is 106 Å². The number of anilines is 5. The first-order valence-electron chi connectivity index (χ1n) is 11.9. The molecule has 2 N–H and O–H groups in total. The first-order valence-corrected chi connectivity index (χ1v) is 11.9. The van der Waals surface area contributed by atoms with Crippen molar-refractivity contribution < 1.29 is 4.92 Å². The van der Waals surface area contributed by atoms with Gasteiger partial charge in [-0.3, -0.25) is 10.1 Å². The number of nitrogens with one attached hydrogen (secondary N) is 2. The van der Waals surface area contributed by atoms with E-state index in [9.17, 15) is 10.1 Å². The summed E-state index contributed by atoms with van der Waals surface area (Å²) in [6.07, 6.45) is 0.786. The number of nitro benzene ring substituents is 1. The maximum absolute atomic E-state index is 11.1. The summed E-state index contributed by atoms with van der Waals surface area (Å²) >= 11 is 0. The molecule has 0 aromatic heterocycles. The van der Waals surface area contributed by atoms with Crippen LogP contribution in [-0.2, 0) is 6.42 Å². The molecule has 0 heterocycles. The largest absolute Gasteiger partial charge is 0.372 e. The number of rotatable bonds is 8. The van der Waals surface area contributed by atoms with Gasteiger partial charge in [0.2, 0.25) is 0 Å². The van der Waals surface area contributed by atoms with Gasteiger partial charge in [0.15, 0.2) is 0 Å². The minimum atomic E-state index is -0.339. The Labute approximate surface area is 205 Å². The van der Waals surface area contributed by atoms with E-state index in [1.54, 1.807) is 12.1 Å². The monoisotopic (exact) mass is 464 g/mol. The number of fused-ring (bicyclic) bond motifs is 3. The molecule has 0 amide bonds. The van der Waals surface area contributed by atoms with Crippen molar-refractivity contribution >= 4 is 34.1 Å². The van der Waals surface area contributed by atoms with Gasteiger partial charge in [-0.05, 0) is 103 Å². The maximum Gasteiger partial charge on any atom is 0.270 e. The minimum absolute atomic E-state index is 0.132. The van der Waals surface area contributed by atoms with Gasteiger partial charge >= 0.3 is 0 Å². The molecule has 0 saturated carbocycles. The third-order valence-corrected chi connectivity index (χ3v) is 6.54. The molecule has 0 spiro atoms. The highest BCUT2D eigenvalue weighted by Gasteiger charge is 2.21. The van der Waals surface area contributed by atoms with Gasteiger partial charge in [0, 0.05) is 53.7 Å². The van der Waals surface area contributed by atoms with Crippen molar-refractivity contribution in [2.75, 3.05) is 28.6 Å². The second-order valence-corrected chi connectivity index (χ2v) is 8.69. The average molecular weight is 465 g/mol. The highest BCUT2D eigenvalue weighted by molar-refractivity contribution is 5.81. The molecule has 6 nitrogen and oxygen atoms in total. The van der Waals surface area contributed by atoms with Gasteiger partial charge in [-0.1, -0.05) is 12.1 Å². The van der Waals surface area contributed by atoms with Crippen LogP contribution in [0.15, 0.2) is 84.9 Å². The van der Waals surface area contributed by atoms with Crippen LogP contribution < -0.4 is 15.5 Å². The Hall–Kier alpha value is -4.32. The van der Waals surface area contributed by atoms with E-state index < -0.39 is 0 Å². The summed E-state index contributed by atoms with van der Waals surface area (Å²) in [5.41, 5.74) is 9.78. The zero-order valence-electron chi connectivity index (χ0n) is 19.9. The lowest BCUT2D eigenvalue weighted by molar-refractivity contribution is -0.384. The smallest absolute Gasteiger partial charge is 0.270 e. The van der Waals surface area contributed by atoms with Crippen LogP contribution in [0, 0.1) is 10.1 Å². The lowest BCUT2D eigenvalue weighted by atomic mass is 10.0. The van der Waals surface area contributed by atoms with Gasteiger partial charge in [-0.2, -0.15) is 0 Å².